The quantitative estimate of drug-likeness (QED) is 0.210. The van der Waals surface area contributed by atoms with Crippen molar-refractivity contribution in [1.82, 2.24) is 14.1 Å². The first-order valence-corrected chi connectivity index (χ1v) is 15.0. The van der Waals surface area contributed by atoms with Crippen molar-refractivity contribution in [1.29, 1.82) is 0 Å². The van der Waals surface area contributed by atoms with Crippen LogP contribution in [0, 0.1) is 0 Å². The Labute approximate surface area is 254 Å². The van der Waals surface area contributed by atoms with Crippen LogP contribution < -0.4 is 0 Å². The monoisotopic (exact) mass is 561 g/mol. The van der Waals surface area contributed by atoms with Crippen LogP contribution in [-0.2, 0) is 0 Å². The fourth-order valence-electron chi connectivity index (χ4n) is 6.93. The molecule has 0 radical (unpaired) electrons. The maximum atomic E-state index is 4.51. The summed E-state index contributed by atoms with van der Waals surface area (Å²) >= 11 is 0. The molecule has 6 aromatic carbocycles. The first-order chi connectivity index (χ1) is 21.9. The minimum absolute atomic E-state index is 1.14. The van der Waals surface area contributed by atoms with Gasteiger partial charge < -0.3 is 9.13 Å². The molecule has 0 spiro atoms. The lowest BCUT2D eigenvalue weighted by Crippen LogP contribution is -1.96. The van der Waals surface area contributed by atoms with Crippen molar-refractivity contribution >= 4 is 43.6 Å². The topological polar surface area (TPSA) is 22.8 Å². The van der Waals surface area contributed by atoms with Crippen LogP contribution in [0.15, 0.2) is 164 Å². The Morgan fingerprint density at radius 1 is 0.386 bits per heavy atom. The number of pyridine rings is 1. The van der Waals surface area contributed by atoms with E-state index in [4.69, 9.17) is 0 Å². The molecule has 0 aliphatic carbocycles. The second-order valence-electron chi connectivity index (χ2n) is 11.2. The molecule has 3 heteroatoms. The molecule has 0 atom stereocenters. The first-order valence-electron chi connectivity index (χ1n) is 15.0. The third kappa shape index (κ3) is 3.66. The van der Waals surface area contributed by atoms with Gasteiger partial charge in [0.05, 0.1) is 22.1 Å². The number of hydrogen-bond donors (Lipinski definition) is 0. The van der Waals surface area contributed by atoms with Gasteiger partial charge >= 0.3 is 0 Å². The highest BCUT2D eigenvalue weighted by molar-refractivity contribution is 6.20. The number of rotatable bonds is 4. The molecule has 0 N–H and O–H groups in total. The molecular formula is C41H27N3. The zero-order valence-corrected chi connectivity index (χ0v) is 23.9. The van der Waals surface area contributed by atoms with Crippen LogP contribution in [0.4, 0.5) is 0 Å². The van der Waals surface area contributed by atoms with Crippen LogP contribution in [0.5, 0.6) is 0 Å². The molecule has 9 rings (SSSR count). The summed E-state index contributed by atoms with van der Waals surface area (Å²) in [6, 6.07) is 54.4. The third-order valence-electron chi connectivity index (χ3n) is 8.82. The summed E-state index contributed by atoms with van der Waals surface area (Å²) in [4.78, 5) is 4.51. The van der Waals surface area contributed by atoms with Crippen molar-refractivity contribution in [3.63, 3.8) is 0 Å². The number of aromatic nitrogens is 3. The third-order valence-corrected chi connectivity index (χ3v) is 8.82. The van der Waals surface area contributed by atoms with E-state index in [1.165, 1.54) is 55.0 Å². The first kappa shape index (κ1) is 24.6. The molecule has 0 saturated heterocycles. The summed E-state index contributed by atoms with van der Waals surface area (Å²) in [7, 11) is 0. The summed E-state index contributed by atoms with van der Waals surface area (Å²) in [5.74, 6) is 0. The molecule has 0 amide bonds. The van der Waals surface area contributed by atoms with Gasteiger partial charge in [-0.15, -0.1) is 0 Å². The second-order valence-corrected chi connectivity index (χ2v) is 11.2. The molecule has 0 aliphatic heterocycles. The van der Waals surface area contributed by atoms with E-state index in [2.05, 4.69) is 166 Å². The molecule has 3 nitrogen and oxygen atoms in total. The van der Waals surface area contributed by atoms with Gasteiger partial charge in [-0.25, -0.2) is 0 Å². The van der Waals surface area contributed by atoms with Crippen molar-refractivity contribution in [3.8, 4) is 33.6 Å². The molecule has 3 aromatic heterocycles. The second kappa shape index (κ2) is 9.82. The fourth-order valence-corrected chi connectivity index (χ4v) is 6.93. The fraction of sp³-hybridized carbons (Fsp3) is 0. The van der Waals surface area contributed by atoms with E-state index in [1.54, 1.807) is 0 Å². The number of nitrogens with zero attached hydrogens (tertiary/aromatic N) is 3. The highest BCUT2D eigenvalue weighted by atomic mass is 15.0. The maximum absolute atomic E-state index is 4.51. The summed E-state index contributed by atoms with van der Waals surface area (Å²) < 4.78 is 4.79. The van der Waals surface area contributed by atoms with Gasteiger partial charge in [0.15, 0.2) is 0 Å². The Morgan fingerprint density at radius 2 is 1.00 bits per heavy atom. The molecule has 44 heavy (non-hydrogen) atoms. The smallest absolute Gasteiger partial charge is 0.0620 e. The highest BCUT2D eigenvalue weighted by Crippen LogP contribution is 2.43. The zero-order chi connectivity index (χ0) is 29.0. The van der Waals surface area contributed by atoms with Gasteiger partial charge in [-0.05, 0) is 59.2 Å². The van der Waals surface area contributed by atoms with Crippen LogP contribution in [-0.4, -0.2) is 14.1 Å². The van der Waals surface area contributed by atoms with Crippen molar-refractivity contribution in [2.45, 2.75) is 0 Å². The number of benzene rings is 6. The Bertz CT molecular complexity index is 2470. The van der Waals surface area contributed by atoms with E-state index in [0.717, 1.165) is 22.3 Å². The van der Waals surface area contributed by atoms with E-state index in [-0.39, 0.29) is 0 Å². The van der Waals surface area contributed by atoms with Crippen molar-refractivity contribution in [3.05, 3.63) is 164 Å². The van der Waals surface area contributed by atoms with E-state index in [0.29, 0.717) is 0 Å². The van der Waals surface area contributed by atoms with Crippen LogP contribution in [0.1, 0.15) is 0 Å². The molecule has 0 bridgehead atoms. The van der Waals surface area contributed by atoms with Gasteiger partial charge in [-0.1, -0.05) is 109 Å². The lowest BCUT2D eigenvalue weighted by Gasteiger charge is -2.13. The molecule has 206 valence electrons. The van der Waals surface area contributed by atoms with Crippen molar-refractivity contribution < 1.29 is 0 Å². The van der Waals surface area contributed by atoms with Gasteiger partial charge in [0, 0.05) is 50.9 Å². The summed E-state index contributed by atoms with van der Waals surface area (Å²) in [6.45, 7) is 0. The van der Waals surface area contributed by atoms with Crippen LogP contribution >= 0.6 is 0 Å². The Morgan fingerprint density at radius 3 is 1.84 bits per heavy atom. The number of fused-ring (bicyclic) bond motifs is 6. The molecule has 3 heterocycles. The zero-order valence-electron chi connectivity index (χ0n) is 23.9. The van der Waals surface area contributed by atoms with E-state index < -0.39 is 0 Å². The summed E-state index contributed by atoms with van der Waals surface area (Å²) in [5.41, 5.74) is 11.9. The van der Waals surface area contributed by atoms with Gasteiger partial charge in [0.1, 0.15) is 0 Å². The van der Waals surface area contributed by atoms with E-state index in [9.17, 15) is 0 Å². The van der Waals surface area contributed by atoms with Gasteiger partial charge in [-0.2, -0.15) is 0 Å². The number of hydrogen-bond acceptors (Lipinski definition) is 1. The van der Waals surface area contributed by atoms with E-state index in [1.807, 2.05) is 12.4 Å². The molecule has 9 aromatic rings. The lowest BCUT2D eigenvalue weighted by atomic mass is 9.97. The van der Waals surface area contributed by atoms with Gasteiger partial charge in [0.2, 0.25) is 0 Å². The van der Waals surface area contributed by atoms with Crippen LogP contribution in [0.3, 0.4) is 0 Å². The summed E-state index contributed by atoms with van der Waals surface area (Å²) in [5, 5.41) is 4.85. The summed E-state index contributed by atoms with van der Waals surface area (Å²) in [6.07, 6.45) is 3.88. The Hall–Kier alpha value is -5.93. The van der Waals surface area contributed by atoms with Crippen molar-refractivity contribution in [2.24, 2.45) is 0 Å². The van der Waals surface area contributed by atoms with Gasteiger partial charge in [0.25, 0.3) is 0 Å². The normalized spacial score (nSPS) is 11.6. The van der Waals surface area contributed by atoms with Crippen LogP contribution in [0.2, 0.25) is 0 Å². The van der Waals surface area contributed by atoms with Crippen LogP contribution in [0.25, 0.3) is 77.2 Å². The van der Waals surface area contributed by atoms with Crippen molar-refractivity contribution in [2.75, 3.05) is 0 Å². The predicted molar refractivity (Wildman–Crippen MR) is 184 cm³/mol. The average Bonchev–Trinajstić information content (AvgIpc) is 3.62. The molecule has 0 fully saturated rings. The van der Waals surface area contributed by atoms with E-state index >= 15 is 0 Å². The standard InChI is InChI=1S/C41H27N3/c1-3-11-28(12-4-1)29-21-23-31(24-22-29)43-37-19-8-7-15-35(37)40-32(16-10-20-39(40)43)33-17-9-18-34-36-27-42-26-25-38(36)44(41(33)34)30-13-5-2-6-14-30/h1-27H. The average molecular weight is 562 g/mol. The molecular weight excluding hydrogens is 534 g/mol. The highest BCUT2D eigenvalue weighted by Gasteiger charge is 2.20. The lowest BCUT2D eigenvalue weighted by molar-refractivity contribution is 1.17. The number of para-hydroxylation sites is 3. The largest absolute Gasteiger partial charge is 0.309 e. The molecule has 0 aliphatic rings. The Balaban J connectivity index is 1.34. The SMILES string of the molecule is c1ccc(-c2ccc(-n3c4ccccc4c4c(-c5cccc6c7cnccc7n(-c7ccccc7)c56)cccc43)cc2)cc1. The predicted octanol–water partition coefficient (Wildman–Crippen LogP) is 10.6. The minimum atomic E-state index is 1.14. The van der Waals surface area contributed by atoms with Gasteiger partial charge in [-0.3, -0.25) is 4.98 Å². The molecule has 0 unspecified atom stereocenters. The molecule has 0 saturated carbocycles. The Kier molecular flexibility index (Phi) is 5.50. The maximum Gasteiger partial charge on any atom is 0.0620 e. The minimum Gasteiger partial charge on any atom is -0.309 e.